The molecular weight excluding hydrogens is 304 g/mol. The lowest BCUT2D eigenvalue weighted by Gasteiger charge is -2.13. The highest BCUT2D eigenvalue weighted by Crippen LogP contribution is 2.31. The average molecular weight is 328 g/mol. The number of hydrogen-bond acceptors (Lipinski definition) is 4. The number of carbonyl (C=O) groups is 1. The number of nitrogens with zero attached hydrogens (tertiary/aromatic N) is 3. The van der Waals surface area contributed by atoms with Gasteiger partial charge in [-0.1, -0.05) is 18.9 Å². The molecule has 2 aromatic rings. The smallest absolute Gasteiger partial charge is 0.274 e. The van der Waals surface area contributed by atoms with Gasteiger partial charge in [0.25, 0.3) is 5.91 Å². The number of aromatic nitrogens is 3. The van der Waals surface area contributed by atoms with Gasteiger partial charge in [-0.25, -0.2) is 4.98 Å². The maximum absolute atomic E-state index is 12.5. The summed E-state index contributed by atoms with van der Waals surface area (Å²) in [5, 5.41) is 7.37. The molecule has 0 atom stereocenters. The summed E-state index contributed by atoms with van der Waals surface area (Å²) in [4.78, 5) is 16.7. The summed E-state index contributed by atoms with van der Waals surface area (Å²) < 4.78 is 7.58. The minimum Gasteiger partial charge on any atom is -0.475 e. The Hall–Kier alpha value is -2.37. The van der Waals surface area contributed by atoms with E-state index in [1.165, 1.54) is 12.8 Å². The Bertz CT molecular complexity index is 718. The second-order valence-electron chi connectivity index (χ2n) is 6.51. The molecule has 1 amide bonds. The van der Waals surface area contributed by atoms with E-state index in [0.29, 0.717) is 17.6 Å². The van der Waals surface area contributed by atoms with Crippen LogP contribution in [0.25, 0.3) is 0 Å². The van der Waals surface area contributed by atoms with Gasteiger partial charge >= 0.3 is 0 Å². The van der Waals surface area contributed by atoms with Crippen LogP contribution < -0.4 is 10.1 Å². The number of carbonyl (C=O) groups excluding carboxylic acids is 1. The van der Waals surface area contributed by atoms with Gasteiger partial charge in [-0.3, -0.25) is 9.48 Å². The molecule has 0 aromatic carbocycles. The standard InChI is InChI=1S/C18H24N4O2/c1-12(2)24-17-10-6-9-15(20-17)18(23)21-16-11-19-22(13(16)3)14-7-4-5-8-14/h6,9-12,14H,4-5,7-8H2,1-3H3,(H,21,23). The van der Waals surface area contributed by atoms with Crippen LogP contribution in [0.5, 0.6) is 5.88 Å². The Morgan fingerprint density at radius 1 is 1.33 bits per heavy atom. The predicted octanol–water partition coefficient (Wildman–Crippen LogP) is 3.74. The Kier molecular flexibility index (Phi) is 4.83. The van der Waals surface area contributed by atoms with Crippen LogP contribution in [-0.4, -0.2) is 26.8 Å². The number of amides is 1. The summed E-state index contributed by atoms with van der Waals surface area (Å²) in [5.74, 6) is 0.203. The highest BCUT2D eigenvalue weighted by molar-refractivity contribution is 6.03. The van der Waals surface area contributed by atoms with Gasteiger partial charge in [-0.05, 0) is 39.7 Å². The Balaban J connectivity index is 1.73. The van der Waals surface area contributed by atoms with Crippen LogP contribution in [0.15, 0.2) is 24.4 Å². The zero-order chi connectivity index (χ0) is 17.1. The number of anilines is 1. The first-order valence-corrected chi connectivity index (χ1v) is 8.54. The fourth-order valence-corrected chi connectivity index (χ4v) is 3.10. The third-order valence-electron chi connectivity index (χ3n) is 4.28. The van der Waals surface area contributed by atoms with Crippen molar-refractivity contribution in [2.24, 2.45) is 0 Å². The molecule has 2 heterocycles. The zero-order valence-corrected chi connectivity index (χ0v) is 14.5. The molecule has 1 N–H and O–H groups in total. The molecule has 0 radical (unpaired) electrons. The van der Waals surface area contributed by atoms with Crippen LogP contribution in [0, 0.1) is 6.92 Å². The minimum absolute atomic E-state index is 0.0164. The van der Waals surface area contributed by atoms with E-state index in [1.54, 1.807) is 24.4 Å². The summed E-state index contributed by atoms with van der Waals surface area (Å²) in [6.07, 6.45) is 6.55. The van der Waals surface area contributed by atoms with E-state index in [-0.39, 0.29) is 12.0 Å². The quantitative estimate of drug-likeness (QED) is 0.908. The van der Waals surface area contributed by atoms with Crippen molar-refractivity contribution in [2.45, 2.75) is 58.6 Å². The van der Waals surface area contributed by atoms with Crippen molar-refractivity contribution < 1.29 is 9.53 Å². The molecule has 128 valence electrons. The van der Waals surface area contributed by atoms with Crippen LogP contribution in [0.1, 0.15) is 61.8 Å². The van der Waals surface area contributed by atoms with Crippen molar-refractivity contribution in [1.82, 2.24) is 14.8 Å². The molecule has 1 aliphatic carbocycles. The topological polar surface area (TPSA) is 69.0 Å². The molecule has 1 saturated carbocycles. The fraction of sp³-hybridized carbons (Fsp3) is 0.500. The van der Waals surface area contributed by atoms with E-state index < -0.39 is 0 Å². The molecule has 0 aliphatic heterocycles. The SMILES string of the molecule is Cc1c(NC(=O)c2cccc(OC(C)C)n2)cnn1C1CCCC1. The number of rotatable bonds is 5. The van der Waals surface area contributed by atoms with Gasteiger partial charge in [0.05, 0.1) is 29.7 Å². The van der Waals surface area contributed by atoms with E-state index in [0.717, 1.165) is 24.2 Å². The van der Waals surface area contributed by atoms with Crippen molar-refractivity contribution in [3.63, 3.8) is 0 Å². The third kappa shape index (κ3) is 3.58. The zero-order valence-electron chi connectivity index (χ0n) is 14.5. The van der Waals surface area contributed by atoms with E-state index in [1.807, 2.05) is 25.5 Å². The second-order valence-corrected chi connectivity index (χ2v) is 6.51. The molecule has 0 bridgehead atoms. The summed E-state index contributed by atoms with van der Waals surface area (Å²) in [6.45, 7) is 5.84. The summed E-state index contributed by atoms with van der Waals surface area (Å²) in [7, 11) is 0. The first-order valence-electron chi connectivity index (χ1n) is 8.54. The normalized spacial score (nSPS) is 15.0. The van der Waals surface area contributed by atoms with E-state index in [2.05, 4.69) is 15.4 Å². The van der Waals surface area contributed by atoms with Gasteiger partial charge in [0.2, 0.25) is 5.88 Å². The number of nitrogens with one attached hydrogen (secondary N) is 1. The number of pyridine rings is 1. The van der Waals surface area contributed by atoms with Gasteiger partial charge < -0.3 is 10.1 Å². The molecule has 0 saturated heterocycles. The van der Waals surface area contributed by atoms with Gasteiger partial charge in [0.1, 0.15) is 5.69 Å². The number of ether oxygens (including phenoxy) is 1. The average Bonchev–Trinajstić information content (AvgIpc) is 3.18. The molecule has 0 unspecified atom stereocenters. The largest absolute Gasteiger partial charge is 0.475 e. The first kappa shape index (κ1) is 16.5. The third-order valence-corrected chi connectivity index (χ3v) is 4.28. The maximum atomic E-state index is 12.5. The summed E-state index contributed by atoms with van der Waals surface area (Å²) in [6, 6.07) is 5.66. The van der Waals surface area contributed by atoms with Crippen LogP contribution >= 0.6 is 0 Å². The predicted molar refractivity (Wildman–Crippen MR) is 92.4 cm³/mol. The Morgan fingerprint density at radius 2 is 2.08 bits per heavy atom. The van der Waals surface area contributed by atoms with Crippen molar-refractivity contribution in [2.75, 3.05) is 5.32 Å². The lowest BCUT2D eigenvalue weighted by molar-refractivity contribution is 0.102. The first-order chi connectivity index (χ1) is 11.5. The van der Waals surface area contributed by atoms with Crippen molar-refractivity contribution in [3.05, 3.63) is 35.8 Å². The lowest BCUT2D eigenvalue weighted by atomic mass is 10.2. The Labute approximate surface area is 142 Å². The summed E-state index contributed by atoms with van der Waals surface area (Å²) in [5.41, 5.74) is 2.06. The van der Waals surface area contributed by atoms with Crippen molar-refractivity contribution in [1.29, 1.82) is 0 Å². The fourth-order valence-electron chi connectivity index (χ4n) is 3.10. The minimum atomic E-state index is -0.252. The highest BCUT2D eigenvalue weighted by Gasteiger charge is 2.21. The van der Waals surface area contributed by atoms with Crippen molar-refractivity contribution >= 4 is 11.6 Å². The molecule has 2 aromatic heterocycles. The molecule has 1 aliphatic rings. The highest BCUT2D eigenvalue weighted by atomic mass is 16.5. The molecule has 6 nitrogen and oxygen atoms in total. The second kappa shape index (κ2) is 7.03. The van der Waals surface area contributed by atoms with E-state index in [4.69, 9.17) is 4.74 Å². The van der Waals surface area contributed by atoms with Gasteiger partial charge in [-0.15, -0.1) is 0 Å². The van der Waals surface area contributed by atoms with E-state index in [9.17, 15) is 4.79 Å². The molecular formula is C18H24N4O2. The monoisotopic (exact) mass is 328 g/mol. The summed E-state index contributed by atoms with van der Waals surface area (Å²) >= 11 is 0. The molecule has 0 spiro atoms. The van der Waals surface area contributed by atoms with Crippen LogP contribution in [0.4, 0.5) is 5.69 Å². The van der Waals surface area contributed by atoms with E-state index >= 15 is 0 Å². The van der Waals surface area contributed by atoms with Gasteiger partial charge in [0, 0.05) is 6.07 Å². The number of hydrogen-bond donors (Lipinski definition) is 1. The lowest BCUT2D eigenvalue weighted by Crippen LogP contribution is -2.16. The van der Waals surface area contributed by atoms with Crippen molar-refractivity contribution in [3.8, 4) is 5.88 Å². The molecule has 3 rings (SSSR count). The molecule has 6 heteroatoms. The van der Waals surface area contributed by atoms with Gasteiger partial charge in [0.15, 0.2) is 0 Å². The van der Waals surface area contributed by atoms with Crippen LogP contribution in [0.2, 0.25) is 0 Å². The Morgan fingerprint density at radius 3 is 2.79 bits per heavy atom. The van der Waals surface area contributed by atoms with Crippen LogP contribution in [0.3, 0.4) is 0 Å². The van der Waals surface area contributed by atoms with Gasteiger partial charge in [-0.2, -0.15) is 5.10 Å². The maximum Gasteiger partial charge on any atom is 0.274 e. The van der Waals surface area contributed by atoms with Crippen LogP contribution in [-0.2, 0) is 0 Å². The molecule has 1 fully saturated rings. The molecule has 24 heavy (non-hydrogen) atoms.